The minimum Gasteiger partial charge on any atom is -0.493 e. The molecule has 1 aromatic rings. The lowest BCUT2D eigenvalue weighted by Crippen LogP contribution is -2.33. The Kier molecular flexibility index (Phi) is 5.45. The maximum absolute atomic E-state index is 5.76. The van der Waals surface area contributed by atoms with Gasteiger partial charge in [-0.25, -0.2) is 0 Å². The summed E-state index contributed by atoms with van der Waals surface area (Å²) < 4.78 is 5.76. The summed E-state index contributed by atoms with van der Waals surface area (Å²) in [6.45, 7) is 5.03. The van der Waals surface area contributed by atoms with Crippen LogP contribution in [0.1, 0.15) is 64.2 Å². The second-order valence-corrected chi connectivity index (χ2v) is 11.0. The van der Waals surface area contributed by atoms with Gasteiger partial charge < -0.3 is 4.74 Å². The van der Waals surface area contributed by atoms with Crippen molar-refractivity contribution in [1.29, 1.82) is 0 Å². The van der Waals surface area contributed by atoms with Gasteiger partial charge in [0.15, 0.2) is 5.75 Å². The zero-order valence-corrected chi connectivity index (χ0v) is 15.0. The Balaban J connectivity index is 2.00. The topological polar surface area (TPSA) is 9.23 Å². The first-order chi connectivity index (χ1) is 10.8. The van der Waals surface area contributed by atoms with Crippen LogP contribution in [0.25, 0.3) is 0 Å². The Bertz CT molecular complexity index is 454. The molecular formula is C20H31OP. The highest BCUT2D eigenvalue weighted by Gasteiger charge is 2.45. The van der Waals surface area contributed by atoms with E-state index >= 15 is 0 Å². The highest BCUT2D eigenvalue weighted by Crippen LogP contribution is 2.71. The molecule has 1 aromatic carbocycles. The van der Waals surface area contributed by atoms with Gasteiger partial charge in [-0.3, -0.25) is 0 Å². The van der Waals surface area contributed by atoms with Crippen LogP contribution in [0.4, 0.5) is 0 Å². The molecule has 1 nitrogen and oxygen atoms in total. The van der Waals surface area contributed by atoms with E-state index in [1.807, 2.05) is 7.11 Å². The van der Waals surface area contributed by atoms with E-state index in [2.05, 4.69) is 24.3 Å². The van der Waals surface area contributed by atoms with Gasteiger partial charge in [0, 0.05) is 11.3 Å². The minimum atomic E-state index is -1.40. The summed E-state index contributed by atoms with van der Waals surface area (Å²) in [6, 6.07) is 8.79. The van der Waals surface area contributed by atoms with Gasteiger partial charge in [0.1, 0.15) is 5.30 Å². The number of ether oxygens (including phenoxy) is 1. The van der Waals surface area contributed by atoms with Crippen LogP contribution in [0.15, 0.2) is 24.3 Å². The molecule has 2 aliphatic rings. The van der Waals surface area contributed by atoms with Crippen LogP contribution in [0, 0.1) is 6.66 Å². The first-order valence-electron chi connectivity index (χ1n) is 9.13. The van der Waals surface area contributed by atoms with Gasteiger partial charge in [-0.1, -0.05) is 32.2 Å². The molecule has 0 N–H and O–H groups in total. The molecule has 0 aromatic heterocycles. The Hall–Kier alpha value is -0.550. The number of hydrogen-bond acceptors (Lipinski definition) is 1. The number of rotatable bonds is 4. The first kappa shape index (κ1) is 16.3. The van der Waals surface area contributed by atoms with Crippen LogP contribution < -0.4 is 10.0 Å². The quantitative estimate of drug-likeness (QED) is 0.504. The van der Waals surface area contributed by atoms with Gasteiger partial charge in [0.05, 0.1) is 7.11 Å². The molecule has 0 saturated heterocycles. The first-order valence-corrected chi connectivity index (χ1v) is 11.2. The van der Waals surface area contributed by atoms with E-state index in [0.717, 1.165) is 17.1 Å². The Labute approximate surface area is 137 Å². The molecule has 2 heteroatoms. The molecular weight excluding hydrogens is 287 g/mol. The lowest BCUT2D eigenvalue weighted by atomic mass is 9.99. The standard InChI is InChI=1S/C20H31OP/c1-21-19-15-9-10-16-20(19)22(2,17-11-5-3-6-12-17)18-13-7-4-8-14-18/h9-10,15-18H,2-8,11-14H2,1H3. The lowest BCUT2D eigenvalue weighted by molar-refractivity contribution is 0.417. The number of methoxy groups -OCH3 is 1. The van der Waals surface area contributed by atoms with Gasteiger partial charge in [-0.2, -0.15) is 6.66 Å². The van der Waals surface area contributed by atoms with Crippen molar-refractivity contribution in [3.05, 3.63) is 30.9 Å². The average molecular weight is 318 g/mol. The molecule has 2 saturated carbocycles. The van der Waals surface area contributed by atoms with Crippen molar-refractivity contribution in [1.82, 2.24) is 0 Å². The summed E-state index contributed by atoms with van der Waals surface area (Å²) in [7, 11) is 0.423. The van der Waals surface area contributed by atoms with Crippen molar-refractivity contribution >= 4 is 12.6 Å². The molecule has 122 valence electrons. The second-order valence-electron chi connectivity index (χ2n) is 7.19. The summed E-state index contributed by atoms with van der Waals surface area (Å²) >= 11 is 0. The average Bonchev–Trinajstić information content (AvgIpc) is 2.62. The zero-order valence-electron chi connectivity index (χ0n) is 14.1. The van der Waals surface area contributed by atoms with Crippen molar-refractivity contribution in [3.63, 3.8) is 0 Å². The molecule has 0 amide bonds. The summed E-state index contributed by atoms with van der Waals surface area (Å²) in [5, 5.41) is 1.48. The van der Waals surface area contributed by atoms with Gasteiger partial charge >= 0.3 is 0 Å². The van der Waals surface area contributed by atoms with Gasteiger partial charge in [-0.15, -0.1) is 0 Å². The van der Waals surface area contributed by atoms with E-state index in [4.69, 9.17) is 11.4 Å². The fourth-order valence-corrected chi connectivity index (χ4v) is 9.64. The molecule has 0 unspecified atom stereocenters. The maximum Gasteiger partial charge on any atom is 0.158 e. The normalized spacial score (nSPS) is 21.7. The maximum atomic E-state index is 5.76. The molecule has 0 bridgehead atoms. The van der Waals surface area contributed by atoms with E-state index in [0.29, 0.717) is 0 Å². The summed E-state index contributed by atoms with van der Waals surface area (Å²) in [4.78, 5) is 0. The Morgan fingerprint density at radius 3 is 1.86 bits per heavy atom. The summed E-state index contributed by atoms with van der Waals surface area (Å²) in [6.07, 6.45) is 14.1. The third kappa shape index (κ3) is 3.07. The molecule has 0 heterocycles. The monoisotopic (exact) mass is 318 g/mol. The van der Waals surface area contributed by atoms with Gasteiger partial charge in [0.25, 0.3) is 0 Å². The van der Waals surface area contributed by atoms with E-state index in [1.54, 1.807) is 0 Å². The van der Waals surface area contributed by atoms with E-state index in [-0.39, 0.29) is 0 Å². The summed E-state index contributed by atoms with van der Waals surface area (Å²) in [5.74, 6) is 1.10. The van der Waals surface area contributed by atoms with E-state index < -0.39 is 7.26 Å². The molecule has 2 aliphatic carbocycles. The number of benzene rings is 1. The lowest BCUT2D eigenvalue weighted by Gasteiger charge is -2.47. The van der Waals surface area contributed by atoms with Crippen molar-refractivity contribution in [2.75, 3.05) is 7.11 Å². The van der Waals surface area contributed by atoms with Gasteiger partial charge in [0.2, 0.25) is 0 Å². The molecule has 0 aliphatic heterocycles. The predicted octanol–water partition coefficient (Wildman–Crippen LogP) is 5.80. The molecule has 0 atom stereocenters. The van der Waals surface area contributed by atoms with Gasteiger partial charge in [-0.05, 0) is 63.5 Å². The predicted molar refractivity (Wildman–Crippen MR) is 98.7 cm³/mol. The third-order valence-corrected chi connectivity index (χ3v) is 10.9. The fourth-order valence-electron chi connectivity index (χ4n) is 4.75. The van der Waals surface area contributed by atoms with Crippen LogP contribution >= 0.6 is 7.26 Å². The molecule has 0 radical (unpaired) electrons. The molecule has 0 spiro atoms. The van der Waals surface area contributed by atoms with Crippen molar-refractivity contribution in [2.45, 2.75) is 75.5 Å². The van der Waals surface area contributed by atoms with Crippen LogP contribution in [0.3, 0.4) is 0 Å². The Morgan fingerprint density at radius 2 is 1.36 bits per heavy atom. The highest BCUT2D eigenvalue weighted by molar-refractivity contribution is 7.85. The van der Waals surface area contributed by atoms with Crippen LogP contribution in [-0.2, 0) is 0 Å². The highest BCUT2D eigenvalue weighted by atomic mass is 31.2. The van der Waals surface area contributed by atoms with Crippen molar-refractivity contribution in [3.8, 4) is 5.75 Å². The Morgan fingerprint density at radius 1 is 0.864 bits per heavy atom. The number of para-hydroxylation sites is 1. The largest absolute Gasteiger partial charge is 0.493 e. The summed E-state index contributed by atoms with van der Waals surface area (Å²) in [5.41, 5.74) is 1.67. The molecule has 3 rings (SSSR count). The van der Waals surface area contributed by atoms with Crippen LogP contribution in [-0.4, -0.2) is 18.4 Å². The molecule has 22 heavy (non-hydrogen) atoms. The SMILES string of the molecule is [CH2-][P+](c1ccccc1OC)(C1CCCCC1)C1CCCCC1. The van der Waals surface area contributed by atoms with Crippen LogP contribution in [0.2, 0.25) is 0 Å². The van der Waals surface area contributed by atoms with Crippen molar-refractivity contribution < 1.29 is 4.74 Å². The fraction of sp³-hybridized carbons (Fsp3) is 0.650. The molecule has 2 fully saturated rings. The van der Waals surface area contributed by atoms with E-state index in [1.165, 1.54) is 69.5 Å². The second kappa shape index (κ2) is 7.35. The zero-order chi connectivity index (χ0) is 15.4. The third-order valence-electron chi connectivity index (χ3n) is 5.99. The minimum absolute atomic E-state index is 0.834. The smallest absolute Gasteiger partial charge is 0.158 e. The van der Waals surface area contributed by atoms with Crippen LogP contribution in [0.5, 0.6) is 5.75 Å². The number of hydrogen-bond donors (Lipinski definition) is 0. The van der Waals surface area contributed by atoms with Crippen molar-refractivity contribution in [2.24, 2.45) is 0 Å². The van der Waals surface area contributed by atoms with E-state index in [9.17, 15) is 0 Å².